The molecule has 0 bridgehead atoms. The largest absolute Gasteiger partial charge is 0.506 e. The van der Waals surface area contributed by atoms with Crippen LogP contribution in [0.25, 0.3) is 0 Å². The summed E-state index contributed by atoms with van der Waals surface area (Å²) in [4.78, 5) is 11.8. The lowest BCUT2D eigenvalue weighted by Crippen LogP contribution is -2.28. The number of aliphatic hydroxyl groups is 1. The van der Waals surface area contributed by atoms with Crippen LogP contribution < -0.4 is 5.32 Å². The first-order valence-electron chi connectivity index (χ1n) is 4.24. The van der Waals surface area contributed by atoms with Crippen molar-refractivity contribution in [1.29, 1.82) is 0 Å². The fourth-order valence-corrected chi connectivity index (χ4v) is 4.91. The molecule has 1 aromatic carbocycles. The Labute approximate surface area is 134 Å². The molecule has 3 N–H and O–H groups in total. The lowest BCUT2D eigenvalue weighted by molar-refractivity contribution is 0.0942. The molecule has 88 valence electrons. The zero-order valence-corrected chi connectivity index (χ0v) is 14.4. The number of halogens is 3. The summed E-state index contributed by atoms with van der Waals surface area (Å²) in [7, 11) is 0. The molecule has 0 fully saturated rings. The third kappa shape index (κ3) is 3.32. The second-order valence-corrected chi connectivity index (χ2v) is 6.26. The van der Waals surface area contributed by atoms with Gasteiger partial charge in [0.05, 0.1) is 19.3 Å². The van der Waals surface area contributed by atoms with Gasteiger partial charge in [-0.1, -0.05) is 0 Å². The Morgan fingerprint density at radius 3 is 2.50 bits per heavy atom. The van der Waals surface area contributed by atoms with E-state index in [0.29, 0.717) is 12.7 Å². The van der Waals surface area contributed by atoms with Crippen molar-refractivity contribution < 1.29 is 15.0 Å². The number of rotatable bonds is 3. The minimum atomic E-state index is -0.283. The third-order valence-electron chi connectivity index (χ3n) is 1.77. The molecule has 0 radical (unpaired) electrons. The smallest absolute Gasteiger partial charge is 0.253 e. The number of aromatic hydroxyl groups is 1. The van der Waals surface area contributed by atoms with Gasteiger partial charge in [0.2, 0.25) is 0 Å². The maximum atomic E-state index is 11.8. The van der Waals surface area contributed by atoms with Crippen LogP contribution in [0.15, 0.2) is 6.07 Å². The number of hydrogen-bond donors (Lipinski definition) is 3. The second kappa shape index (κ2) is 6.54. The normalized spacial score (nSPS) is 10.2. The fraction of sp³-hybridized carbons (Fsp3) is 0.222. The highest BCUT2D eigenvalue weighted by atomic mass is 127. The standard InChI is InChI=1S/C9H8I3NO3/c10-4-3-5(11)8(15)7(12)6(4)9(16)13-1-2-14/h3,14-15H,1-2H2,(H,13,16). The zero-order chi connectivity index (χ0) is 12.3. The molecule has 0 aliphatic carbocycles. The number of benzene rings is 1. The van der Waals surface area contributed by atoms with Crippen LogP contribution in [0, 0.1) is 10.7 Å². The monoisotopic (exact) mass is 559 g/mol. The molecule has 0 aliphatic rings. The first kappa shape index (κ1) is 14.7. The Bertz CT molecular complexity index is 423. The number of phenolic OH excluding ortho intramolecular Hbond substituents is 1. The first-order valence-corrected chi connectivity index (χ1v) is 7.48. The van der Waals surface area contributed by atoms with Gasteiger partial charge in [-0.25, -0.2) is 0 Å². The van der Waals surface area contributed by atoms with Gasteiger partial charge in [0.25, 0.3) is 5.91 Å². The van der Waals surface area contributed by atoms with Gasteiger partial charge < -0.3 is 15.5 Å². The number of carbonyl (C=O) groups excluding carboxylic acids is 1. The van der Waals surface area contributed by atoms with E-state index >= 15 is 0 Å². The zero-order valence-electron chi connectivity index (χ0n) is 7.93. The molecule has 0 aromatic heterocycles. The topological polar surface area (TPSA) is 69.6 Å². The van der Waals surface area contributed by atoms with E-state index in [1.807, 2.05) is 45.2 Å². The van der Waals surface area contributed by atoms with Crippen LogP contribution in [0.2, 0.25) is 0 Å². The number of hydrogen-bond acceptors (Lipinski definition) is 3. The fourth-order valence-electron chi connectivity index (χ4n) is 1.05. The van der Waals surface area contributed by atoms with E-state index in [1.165, 1.54) is 0 Å². The molecule has 4 nitrogen and oxygen atoms in total. The van der Waals surface area contributed by atoms with E-state index in [4.69, 9.17) is 5.11 Å². The highest BCUT2D eigenvalue weighted by Crippen LogP contribution is 2.32. The molecule has 0 saturated heterocycles. The van der Waals surface area contributed by atoms with Gasteiger partial charge in [-0.05, 0) is 73.8 Å². The van der Waals surface area contributed by atoms with Crippen LogP contribution in [0.1, 0.15) is 10.4 Å². The summed E-state index contributed by atoms with van der Waals surface area (Å²) in [5.74, 6) is -0.162. The highest BCUT2D eigenvalue weighted by Gasteiger charge is 2.18. The third-order valence-corrected chi connectivity index (χ3v) is 4.49. The number of phenols is 1. The molecule has 0 atom stereocenters. The van der Waals surface area contributed by atoms with Gasteiger partial charge in [0.15, 0.2) is 0 Å². The minimum Gasteiger partial charge on any atom is -0.506 e. The van der Waals surface area contributed by atoms with Gasteiger partial charge in [-0.15, -0.1) is 0 Å². The average molecular weight is 559 g/mol. The van der Waals surface area contributed by atoms with Crippen LogP contribution >= 0.6 is 67.8 Å². The van der Waals surface area contributed by atoms with Crippen molar-refractivity contribution in [2.75, 3.05) is 13.2 Å². The number of nitrogens with one attached hydrogen (secondary N) is 1. The molecule has 0 spiro atoms. The van der Waals surface area contributed by atoms with Gasteiger partial charge in [0, 0.05) is 10.1 Å². The van der Waals surface area contributed by atoms with Crippen molar-refractivity contribution in [1.82, 2.24) is 5.32 Å². The molecule has 7 heteroatoms. The van der Waals surface area contributed by atoms with E-state index in [0.717, 1.165) is 3.57 Å². The van der Waals surface area contributed by atoms with E-state index < -0.39 is 0 Å². The van der Waals surface area contributed by atoms with Crippen molar-refractivity contribution in [2.24, 2.45) is 0 Å². The van der Waals surface area contributed by atoms with Crippen molar-refractivity contribution >= 4 is 73.7 Å². The molecule has 1 rings (SSSR count). The molecular formula is C9H8I3NO3. The molecule has 0 unspecified atom stereocenters. The molecule has 0 saturated carbocycles. The Morgan fingerprint density at radius 2 is 1.94 bits per heavy atom. The van der Waals surface area contributed by atoms with Gasteiger partial charge in [-0.2, -0.15) is 0 Å². The van der Waals surface area contributed by atoms with Crippen LogP contribution in [-0.4, -0.2) is 29.3 Å². The summed E-state index contributed by atoms with van der Waals surface area (Å²) in [6.07, 6.45) is 0. The maximum Gasteiger partial charge on any atom is 0.253 e. The van der Waals surface area contributed by atoms with Crippen molar-refractivity contribution in [3.63, 3.8) is 0 Å². The van der Waals surface area contributed by atoms with Crippen LogP contribution in [-0.2, 0) is 0 Å². The van der Waals surface area contributed by atoms with Crippen molar-refractivity contribution in [3.05, 3.63) is 22.3 Å². The highest BCUT2D eigenvalue weighted by molar-refractivity contribution is 14.1. The predicted molar refractivity (Wildman–Crippen MR) is 85.7 cm³/mol. The van der Waals surface area contributed by atoms with Crippen LogP contribution in [0.5, 0.6) is 5.75 Å². The molecule has 0 aliphatic heterocycles. The maximum absolute atomic E-state index is 11.8. The average Bonchev–Trinajstić information content (AvgIpc) is 2.23. The summed E-state index contributed by atoms with van der Waals surface area (Å²) in [5.41, 5.74) is 0.451. The molecular weight excluding hydrogens is 551 g/mol. The molecule has 0 heterocycles. The predicted octanol–water partition coefficient (Wildman–Crippen LogP) is 1.93. The van der Waals surface area contributed by atoms with E-state index in [9.17, 15) is 9.90 Å². The summed E-state index contributed by atoms with van der Waals surface area (Å²) in [6.45, 7) is 0.104. The Kier molecular flexibility index (Phi) is 6.01. The van der Waals surface area contributed by atoms with Crippen molar-refractivity contribution in [3.8, 4) is 5.75 Å². The van der Waals surface area contributed by atoms with Crippen molar-refractivity contribution in [2.45, 2.75) is 0 Å². The van der Waals surface area contributed by atoms with E-state index in [-0.39, 0.29) is 24.8 Å². The lowest BCUT2D eigenvalue weighted by Gasteiger charge is -2.10. The van der Waals surface area contributed by atoms with Crippen LogP contribution in [0.3, 0.4) is 0 Å². The van der Waals surface area contributed by atoms with E-state index in [2.05, 4.69) is 27.9 Å². The van der Waals surface area contributed by atoms with Crippen LogP contribution in [0.4, 0.5) is 0 Å². The molecule has 1 aromatic rings. The first-order chi connectivity index (χ1) is 7.49. The van der Waals surface area contributed by atoms with Gasteiger partial charge >= 0.3 is 0 Å². The van der Waals surface area contributed by atoms with Gasteiger partial charge in [-0.3, -0.25) is 4.79 Å². The Morgan fingerprint density at radius 1 is 1.31 bits per heavy atom. The minimum absolute atomic E-state index is 0.102. The number of carbonyl (C=O) groups is 1. The summed E-state index contributed by atoms with van der Waals surface area (Å²) in [6, 6.07) is 1.74. The van der Waals surface area contributed by atoms with E-state index in [1.54, 1.807) is 6.07 Å². The second-order valence-electron chi connectivity index (χ2n) is 2.86. The van der Waals surface area contributed by atoms with Gasteiger partial charge in [0.1, 0.15) is 5.75 Å². The molecule has 1 amide bonds. The quantitative estimate of drug-likeness (QED) is 0.497. The summed E-state index contributed by atoms with van der Waals surface area (Å²) in [5, 5.41) is 20.9. The summed E-state index contributed by atoms with van der Waals surface area (Å²) >= 11 is 6.00. The Hall–Kier alpha value is 0.640. The molecule has 16 heavy (non-hydrogen) atoms. The number of aliphatic hydroxyl groups excluding tert-OH is 1. The SMILES string of the molecule is O=C(NCCO)c1c(I)cc(I)c(O)c1I. The summed E-state index contributed by atoms with van der Waals surface area (Å²) < 4.78 is 2.02. The number of amides is 1. The lowest BCUT2D eigenvalue weighted by atomic mass is 10.2. The Balaban J connectivity index is 3.13.